The van der Waals surface area contributed by atoms with Crippen molar-refractivity contribution < 1.29 is 9.53 Å². The second-order valence-corrected chi connectivity index (χ2v) is 6.64. The minimum Gasteiger partial charge on any atom is -0.388 e. The number of hydrogen-bond acceptors (Lipinski definition) is 5. The zero-order chi connectivity index (χ0) is 16.9. The molecule has 0 aromatic heterocycles. The fraction of sp³-hybridized carbons (Fsp3) is 0.278. The summed E-state index contributed by atoms with van der Waals surface area (Å²) >= 11 is 1.74. The van der Waals surface area contributed by atoms with E-state index in [9.17, 15) is 4.79 Å². The molecule has 6 heteroatoms. The van der Waals surface area contributed by atoms with Crippen LogP contribution in [-0.2, 0) is 4.74 Å². The van der Waals surface area contributed by atoms with E-state index in [4.69, 9.17) is 4.74 Å². The molecule has 0 unspecified atom stereocenters. The SMILES string of the molecule is CNc1cc(NC(=O)c2ccc(N3COCCS3)cc2)ccc1C. The Bertz CT molecular complexity index is 713. The predicted octanol–water partition coefficient (Wildman–Crippen LogP) is 3.73. The third-order valence-electron chi connectivity index (χ3n) is 3.87. The average molecular weight is 343 g/mol. The van der Waals surface area contributed by atoms with Gasteiger partial charge in [-0.1, -0.05) is 6.07 Å². The van der Waals surface area contributed by atoms with Gasteiger partial charge in [-0.05, 0) is 60.8 Å². The number of amides is 1. The molecule has 1 fully saturated rings. The fourth-order valence-corrected chi connectivity index (χ4v) is 3.32. The quantitative estimate of drug-likeness (QED) is 0.829. The van der Waals surface area contributed by atoms with Crippen LogP contribution in [0.4, 0.5) is 17.1 Å². The molecule has 0 bridgehead atoms. The largest absolute Gasteiger partial charge is 0.388 e. The molecule has 1 aliphatic heterocycles. The van der Waals surface area contributed by atoms with Crippen molar-refractivity contribution >= 4 is 34.9 Å². The summed E-state index contributed by atoms with van der Waals surface area (Å²) in [6.07, 6.45) is 0. The Kier molecular flexibility index (Phi) is 5.27. The number of aryl methyl sites for hydroxylation is 1. The molecule has 2 N–H and O–H groups in total. The molecule has 1 heterocycles. The van der Waals surface area contributed by atoms with Gasteiger partial charge in [-0.25, -0.2) is 0 Å². The minimum atomic E-state index is -0.116. The van der Waals surface area contributed by atoms with E-state index in [-0.39, 0.29) is 5.91 Å². The van der Waals surface area contributed by atoms with Gasteiger partial charge in [0.15, 0.2) is 0 Å². The minimum absolute atomic E-state index is 0.116. The van der Waals surface area contributed by atoms with Crippen LogP contribution in [0.2, 0.25) is 0 Å². The normalized spacial score (nSPS) is 14.3. The lowest BCUT2D eigenvalue weighted by Crippen LogP contribution is -2.25. The first-order valence-corrected chi connectivity index (χ1v) is 8.79. The smallest absolute Gasteiger partial charge is 0.255 e. The summed E-state index contributed by atoms with van der Waals surface area (Å²) in [6, 6.07) is 13.4. The summed E-state index contributed by atoms with van der Waals surface area (Å²) < 4.78 is 7.53. The zero-order valence-electron chi connectivity index (χ0n) is 13.8. The van der Waals surface area contributed by atoms with Crippen molar-refractivity contribution in [2.24, 2.45) is 0 Å². The highest BCUT2D eigenvalue weighted by molar-refractivity contribution is 8.00. The standard InChI is InChI=1S/C18H21N3O2S/c1-13-3-6-15(11-17(13)19-2)20-18(22)14-4-7-16(8-5-14)21-12-23-9-10-24-21/h3-8,11,19H,9-10,12H2,1-2H3,(H,20,22). The number of anilines is 3. The third kappa shape index (κ3) is 3.83. The molecule has 3 rings (SSSR count). The maximum Gasteiger partial charge on any atom is 0.255 e. The van der Waals surface area contributed by atoms with Gasteiger partial charge in [0, 0.05) is 35.4 Å². The Morgan fingerprint density at radius 3 is 2.67 bits per heavy atom. The number of benzene rings is 2. The lowest BCUT2D eigenvalue weighted by Gasteiger charge is -2.27. The van der Waals surface area contributed by atoms with Crippen molar-refractivity contribution in [1.82, 2.24) is 0 Å². The number of hydrogen-bond donors (Lipinski definition) is 2. The molecular formula is C18H21N3O2S. The average Bonchev–Trinajstić information content (AvgIpc) is 2.64. The van der Waals surface area contributed by atoms with E-state index >= 15 is 0 Å². The Labute approximate surface area is 146 Å². The van der Waals surface area contributed by atoms with Gasteiger partial charge >= 0.3 is 0 Å². The molecule has 1 amide bonds. The van der Waals surface area contributed by atoms with Crippen LogP contribution in [0.5, 0.6) is 0 Å². The van der Waals surface area contributed by atoms with Crippen LogP contribution >= 0.6 is 11.9 Å². The number of rotatable bonds is 4. The molecule has 0 saturated carbocycles. The van der Waals surface area contributed by atoms with Crippen molar-refractivity contribution in [2.75, 3.05) is 41.1 Å². The zero-order valence-corrected chi connectivity index (χ0v) is 14.7. The Balaban J connectivity index is 1.68. The summed E-state index contributed by atoms with van der Waals surface area (Å²) in [5.41, 5.74) is 4.60. The first-order chi connectivity index (χ1) is 11.7. The number of carbonyl (C=O) groups excluding carboxylic acids is 1. The van der Waals surface area contributed by atoms with E-state index in [1.54, 1.807) is 11.9 Å². The fourth-order valence-electron chi connectivity index (χ4n) is 2.49. The lowest BCUT2D eigenvalue weighted by atomic mass is 10.1. The highest BCUT2D eigenvalue weighted by atomic mass is 32.2. The molecule has 126 valence electrons. The van der Waals surface area contributed by atoms with Gasteiger partial charge in [-0.15, -0.1) is 0 Å². The van der Waals surface area contributed by atoms with Crippen molar-refractivity contribution in [3.63, 3.8) is 0 Å². The summed E-state index contributed by atoms with van der Waals surface area (Å²) in [7, 11) is 1.87. The molecule has 1 aliphatic rings. The molecule has 2 aromatic rings. The lowest BCUT2D eigenvalue weighted by molar-refractivity contribution is 0.102. The van der Waals surface area contributed by atoms with E-state index in [0.717, 1.165) is 35.0 Å². The van der Waals surface area contributed by atoms with Crippen LogP contribution in [0.25, 0.3) is 0 Å². The van der Waals surface area contributed by atoms with Crippen LogP contribution in [-0.4, -0.2) is 32.0 Å². The highest BCUT2D eigenvalue weighted by Crippen LogP contribution is 2.25. The van der Waals surface area contributed by atoms with Gasteiger partial charge in [0.1, 0.15) is 6.73 Å². The summed E-state index contributed by atoms with van der Waals surface area (Å²) in [6.45, 7) is 3.39. The maximum absolute atomic E-state index is 12.4. The second kappa shape index (κ2) is 7.59. The summed E-state index contributed by atoms with van der Waals surface area (Å²) in [4.78, 5) is 12.4. The molecule has 5 nitrogen and oxygen atoms in total. The van der Waals surface area contributed by atoms with Gasteiger partial charge in [0.25, 0.3) is 5.91 Å². The molecular weight excluding hydrogens is 322 g/mol. The topological polar surface area (TPSA) is 53.6 Å². The van der Waals surface area contributed by atoms with E-state index in [0.29, 0.717) is 12.3 Å². The highest BCUT2D eigenvalue weighted by Gasteiger charge is 2.13. The molecule has 0 aliphatic carbocycles. The van der Waals surface area contributed by atoms with Crippen LogP contribution in [0.15, 0.2) is 42.5 Å². The molecule has 0 atom stereocenters. The number of ether oxygens (including phenoxy) is 1. The van der Waals surface area contributed by atoms with Crippen molar-refractivity contribution in [3.05, 3.63) is 53.6 Å². The van der Waals surface area contributed by atoms with Crippen molar-refractivity contribution in [2.45, 2.75) is 6.92 Å². The summed E-state index contributed by atoms with van der Waals surface area (Å²) in [5, 5.41) is 6.06. The third-order valence-corrected chi connectivity index (χ3v) is 4.84. The number of carbonyl (C=O) groups is 1. The van der Waals surface area contributed by atoms with E-state index in [1.807, 2.05) is 56.4 Å². The van der Waals surface area contributed by atoms with Gasteiger partial charge in [-0.2, -0.15) is 0 Å². The number of nitrogens with one attached hydrogen (secondary N) is 2. The van der Waals surface area contributed by atoms with E-state index < -0.39 is 0 Å². The Morgan fingerprint density at radius 1 is 1.21 bits per heavy atom. The molecule has 2 aromatic carbocycles. The maximum atomic E-state index is 12.4. The van der Waals surface area contributed by atoms with Gasteiger partial charge in [0.2, 0.25) is 0 Å². The van der Waals surface area contributed by atoms with Crippen LogP contribution in [0.1, 0.15) is 15.9 Å². The molecule has 24 heavy (non-hydrogen) atoms. The van der Waals surface area contributed by atoms with Crippen molar-refractivity contribution in [3.8, 4) is 0 Å². The van der Waals surface area contributed by atoms with Gasteiger partial charge < -0.3 is 15.4 Å². The van der Waals surface area contributed by atoms with Crippen LogP contribution < -0.4 is 14.9 Å². The molecule has 0 spiro atoms. The Hall–Kier alpha value is -2.18. The summed E-state index contributed by atoms with van der Waals surface area (Å²) in [5.74, 6) is 0.832. The molecule has 0 radical (unpaired) electrons. The second-order valence-electron chi connectivity index (χ2n) is 5.53. The van der Waals surface area contributed by atoms with Gasteiger partial charge in [-0.3, -0.25) is 9.10 Å². The van der Waals surface area contributed by atoms with Crippen LogP contribution in [0.3, 0.4) is 0 Å². The van der Waals surface area contributed by atoms with Crippen molar-refractivity contribution in [1.29, 1.82) is 0 Å². The van der Waals surface area contributed by atoms with E-state index in [2.05, 4.69) is 14.9 Å². The van der Waals surface area contributed by atoms with Crippen LogP contribution in [0, 0.1) is 6.92 Å². The Morgan fingerprint density at radius 2 is 2.00 bits per heavy atom. The molecule has 1 saturated heterocycles. The van der Waals surface area contributed by atoms with Gasteiger partial charge in [0.05, 0.1) is 6.61 Å². The number of nitrogens with zero attached hydrogens (tertiary/aromatic N) is 1. The monoisotopic (exact) mass is 343 g/mol. The first kappa shape index (κ1) is 16.7. The predicted molar refractivity (Wildman–Crippen MR) is 101 cm³/mol. The van der Waals surface area contributed by atoms with E-state index in [1.165, 1.54) is 0 Å². The first-order valence-electron chi connectivity index (χ1n) is 7.85.